The van der Waals surface area contributed by atoms with Gasteiger partial charge in [0.15, 0.2) is 5.78 Å². The first-order valence-electron chi connectivity index (χ1n) is 7.36. The van der Waals surface area contributed by atoms with E-state index in [2.05, 4.69) is 15.9 Å². The summed E-state index contributed by atoms with van der Waals surface area (Å²) in [5, 5.41) is 0. The smallest absolute Gasteiger partial charge is 0.185 e. The number of hydrogen-bond donors (Lipinski definition) is 0. The molecule has 0 aliphatic heterocycles. The van der Waals surface area contributed by atoms with Crippen LogP contribution in [0, 0.1) is 0 Å². The summed E-state index contributed by atoms with van der Waals surface area (Å²) < 4.78 is 0.998. The highest BCUT2D eigenvalue weighted by Crippen LogP contribution is 2.20. The molecule has 2 heteroatoms. The van der Waals surface area contributed by atoms with Crippen LogP contribution in [-0.2, 0) is 0 Å². The fourth-order valence-electron chi connectivity index (χ4n) is 2.36. The molecule has 23 heavy (non-hydrogen) atoms. The van der Waals surface area contributed by atoms with E-state index < -0.39 is 0 Å². The first kappa shape index (κ1) is 15.4. The lowest BCUT2D eigenvalue weighted by Gasteiger charge is -2.03. The molecule has 0 amide bonds. The third kappa shape index (κ3) is 4.05. The van der Waals surface area contributed by atoms with Crippen LogP contribution in [0.5, 0.6) is 0 Å². The van der Waals surface area contributed by atoms with Crippen molar-refractivity contribution in [3.05, 3.63) is 101 Å². The molecule has 0 fully saturated rings. The second-order valence-corrected chi connectivity index (χ2v) is 6.12. The third-order valence-corrected chi connectivity index (χ3v) is 4.02. The SMILES string of the molecule is O=C(/C=C/c1cccc(Br)c1)c1cccc(-c2ccccc2)c1. The molecule has 112 valence electrons. The molecule has 0 unspecified atom stereocenters. The number of carbonyl (C=O) groups is 1. The van der Waals surface area contributed by atoms with Crippen molar-refractivity contribution in [3.8, 4) is 11.1 Å². The zero-order valence-electron chi connectivity index (χ0n) is 12.4. The van der Waals surface area contributed by atoms with Gasteiger partial charge in [-0.1, -0.05) is 82.7 Å². The maximum Gasteiger partial charge on any atom is 0.185 e. The van der Waals surface area contributed by atoms with Gasteiger partial charge in [0.2, 0.25) is 0 Å². The molecule has 3 aromatic carbocycles. The highest BCUT2D eigenvalue weighted by Gasteiger charge is 2.04. The predicted octanol–water partition coefficient (Wildman–Crippen LogP) is 6.01. The lowest BCUT2D eigenvalue weighted by molar-refractivity contribution is 0.104. The Kier molecular flexibility index (Phi) is 4.84. The van der Waals surface area contributed by atoms with Crippen molar-refractivity contribution in [1.29, 1.82) is 0 Å². The first-order valence-corrected chi connectivity index (χ1v) is 8.15. The van der Waals surface area contributed by atoms with E-state index >= 15 is 0 Å². The van der Waals surface area contributed by atoms with Gasteiger partial charge in [0.05, 0.1) is 0 Å². The van der Waals surface area contributed by atoms with Gasteiger partial charge in [0.1, 0.15) is 0 Å². The van der Waals surface area contributed by atoms with Crippen molar-refractivity contribution < 1.29 is 4.79 Å². The lowest BCUT2D eigenvalue weighted by atomic mass is 10.0. The van der Waals surface area contributed by atoms with Crippen molar-refractivity contribution in [2.75, 3.05) is 0 Å². The van der Waals surface area contributed by atoms with Gasteiger partial charge in [0.25, 0.3) is 0 Å². The molecule has 0 radical (unpaired) electrons. The van der Waals surface area contributed by atoms with Crippen LogP contribution in [0.2, 0.25) is 0 Å². The second-order valence-electron chi connectivity index (χ2n) is 5.20. The molecule has 0 N–H and O–H groups in total. The Labute approximate surface area is 144 Å². The molecule has 3 aromatic rings. The third-order valence-electron chi connectivity index (χ3n) is 3.53. The second kappa shape index (κ2) is 7.21. The molecule has 0 saturated heterocycles. The molecule has 3 rings (SSSR count). The predicted molar refractivity (Wildman–Crippen MR) is 99.4 cm³/mol. The van der Waals surface area contributed by atoms with Crippen molar-refractivity contribution >= 4 is 27.8 Å². The summed E-state index contributed by atoms with van der Waals surface area (Å²) in [6.07, 6.45) is 3.45. The number of halogens is 1. The fraction of sp³-hybridized carbons (Fsp3) is 0. The number of benzene rings is 3. The average molecular weight is 363 g/mol. The molecular weight excluding hydrogens is 348 g/mol. The van der Waals surface area contributed by atoms with E-state index in [1.54, 1.807) is 6.08 Å². The standard InChI is InChI=1S/C21H15BrO/c22-20-11-4-6-16(14-20)12-13-21(23)19-10-5-9-18(15-19)17-7-2-1-3-8-17/h1-15H/b13-12+. The van der Waals surface area contributed by atoms with E-state index in [4.69, 9.17) is 0 Å². The minimum Gasteiger partial charge on any atom is -0.289 e. The van der Waals surface area contributed by atoms with Crippen molar-refractivity contribution in [2.45, 2.75) is 0 Å². The Balaban J connectivity index is 1.83. The van der Waals surface area contributed by atoms with Gasteiger partial charge in [0, 0.05) is 10.0 Å². The lowest BCUT2D eigenvalue weighted by Crippen LogP contribution is -1.94. The summed E-state index contributed by atoms with van der Waals surface area (Å²) in [5.41, 5.74) is 3.84. The number of hydrogen-bond acceptors (Lipinski definition) is 1. The first-order chi connectivity index (χ1) is 11.2. The van der Waals surface area contributed by atoms with Gasteiger partial charge in [-0.25, -0.2) is 0 Å². The zero-order chi connectivity index (χ0) is 16.1. The normalized spacial score (nSPS) is 10.8. The van der Waals surface area contributed by atoms with Crippen LogP contribution < -0.4 is 0 Å². The van der Waals surface area contributed by atoms with Crippen LogP contribution >= 0.6 is 15.9 Å². The molecule has 0 aromatic heterocycles. The van der Waals surface area contributed by atoms with Crippen molar-refractivity contribution in [2.24, 2.45) is 0 Å². The summed E-state index contributed by atoms with van der Waals surface area (Å²) in [4.78, 5) is 12.4. The van der Waals surface area contributed by atoms with E-state index in [9.17, 15) is 4.79 Å². The van der Waals surface area contributed by atoms with E-state index in [1.165, 1.54) is 0 Å². The van der Waals surface area contributed by atoms with Crippen LogP contribution in [0.4, 0.5) is 0 Å². The van der Waals surface area contributed by atoms with Crippen LogP contribution in [0.1, 0.15) is 15.9 Å². The number of allylic oxidation sites excluding steroid dienone is 1. The molecule has 0 saturated carbocycles. The van der Waals surface area contributed by atoms with E-state index in [-0.39, 0.29) is 5.78 Å². The highest BCUT2D eigenvalue weighted by molar-refractivity contribution is 9.10. The Morgan fingerprint density at radius 3 is 2.30 bits per heavy atom. The van der Waals surface area contributed by atoms with Crippen molar-refractivity contribution in [3.63, 3.8) is 0 Å². The van der Waals surface area contributed by atoms with Gasteiger partial charge >= 0.3 is 0 Å². The average Bonchev–Trinajstić information content (AvgIpc) is 2.61. The van der Waals surface area contributed by atoms with Crippen molar-refractivity contribution in [1.82, 2.24) is 0 Å². The molecule has 0 spiro atoms. The summed E-state index contributed by atoms with van der Waals surface area (Å²) in [7, 11) is 0. The Morgan fingerprint density at radius 1 is 0.783 bits per heavy atom. The Morgan fingerprint density at radius 2 is 1.52 bits per heavy atom. The molecule has 0 aliphatic carbocycles. The Hall–Kier alpha value is -2.45. The number of carbonyl (C=O) groups excluding carboxylic acids is 1. The maximum absolute atomic E-state index is 12.4. The van der Waals surface area contributed by atoms with E-state index in [0.717, 1.165) is 21.2 Å². The highest BCUT2D eigenvalue weighted by atomic mass is 79.9. The van der Waals surface area contributed by atoms with E-state index in [1.807, 2.05) is 84.9 Å². The van der Waals surface area contributed by atoms with Gasteiger partial charge < -0.3 is 0 Å². The summed E-state index contributed by atoms with van der Waals surface area (Å²) in [5.74, 6) is 0.00255. The van der Waals surface area contributed by atoms with Gasteiger partial charge in [-0.3, -0.25) is 4.79 Å². The maximum atomic E-state index is 12.4. The molecule has 0 atom stereocenters. The van der Waals surface area contributed by atoms with Crippen LogP contribution in [0.3, 0.4) is 0 Å². The fourth-order valence-corrected chi connectivity index (χ4v) is 2.78. The van der Waals surface area contributed by atoms with Gasteiger partial charge in [-0.2, -0.15) is 0 Å². The molecule has 0 bridgehead atoms. The van der Waals surface area contributed by atoms with Gasteiger partial charge in [-0.05, 0) is 41.0 Å². The monoisotopic (exact) mass is 362 g/mol. The van der Waals surface area contributed by atoms with Crippen LogP contribution in [-0.4, -0.2) is 5.78 Å². The summed E-state index contributed by atoms with van der Waals surface area (Å²) >= 11 is 3.43. The summed E-state index contributed by atoms with van der Waals surface area (Å²) in [6.45, 7) is 0. The topological polar surface area (TPSA) is 17.1 Å². The van der Waals surface area contributed by atoms with Gasteiger partial charge in [-0.15, -0.1) is 0 Å². The number of rotatable bonds is 4. The molecule has 0 heterocycles. The van der Waals surface area contributed by atoms with Crippen LogP contribution in [0.15, 0.2) is 89.4 Å². The Bertz CT molecular complexity index is 850. The molecular formula is C21H15BrO. The molecule has 0 aliphatic rings. The van der Waals surface area contributed by atoms with Crippen LogP contribution in [0.25, 0.3) is 17.2 Å². The summed E-state index contributed by atoms with van der Waals surface area (Å²) in [6, 6.07) is 25.6. The largest absolute Gasteiger partial charge is 0.289 e. The number of ketones is 1. The zero-order valence-corrected chi connectivity index (χ0v) is 14.0. The molecule has 1 nitrogen and oxygen atoms in total. The minimum atomic E-state index is 0.00255. The van der Waals surface area contributed by atoms with E-state index in [0.29, 0.717) is 5.56 Å². The quantitative estimate of drug-likeness (QED) is 0.410. The minimum absolute atomic E-state index is 0.00255.